The van der Waals surface area contributed by atoms with Crippen molar-refractivity contribution in [3.63, 3.8) is 0 Å². The lowest BCUT2D eigenvalue weighted by Crippen LogP contribution is -2.56. The van der Waals surface area contributed by atoms with E-state index >= 15 is 0 Å². The number of rotatable bonds is 1. The third kappa shape index (κ3) is 2.07. The molecule has 3 rings (SSSR count). The SMILES string of the molecule is O=C(c1ccoc1)N1CC(F)(F)CC2(CCNC2=O)C1. The Hall–Kier alpha value is -1.92. The summed E-state index contributed by atoms with van der Waals surface area (Å²) in [7, 11) is 0. The van der Waals surface area contributed by atoms with Gasteiger partial charge in [-0.2, -0.15) is 0 Å². The van der Waals surface area contributed by atoms with Crippen molar-refractivity contribution in [1.82, 2.24) is 10.2 Å². The number of alkyl halides is 2. The van der Waals surface area contributed by atoms with Crippen LogP contribution in [-0.2, 0) is 4.79 Å². The van der Waals surface area contributed by atoms with Crippen LogP contribution < -0.4 is 5.32 Å². The first-order valence-electron chi connectivity index (χ1n) is 6.40. The van der Waals surface area contributed by atoms with Crippen molar-refractivity contribution in [3.8, 4) is 0 Å². The zero-order valence-electron chi connectivity index (χ0n) is 10.7. The predicted octanol–water partition coefficient (Wildman–Crippen LogP) is 1.27. The molecule has 1 atom stereocenters. The van der Waals surface area contributed by atoms with Gasteiger partial charge in [-0.05, 0) is 12.5 Å². The maximum atomic E-state index is 13.9. The summed E-state index contributed by atoms with van der Waals surface area (Å²) in [5.74, 6) is -3.97. The van der Waals surface area contributed by atoms with Crippen LogP contribution in [0.4, 0.5) is 8.78 Å². The smallest absolute Gasteiger partial charge is 0.266 e. The Bertz CT molecular complexity index is 544. The second kappa shape index (κ2) is 4.29. The Kier molecular flexibility index (Phi) is 2.81. The highest BCUT2D eigenvalue weighted by atomic mass is 19.3. The summed E-state index contributed by atoms with van der Waals surface area (Å²) >= 11 is 0. The molecule has 5 nitrogen and oxygen atoms in total. The normalized spacial score (nSPS) is 28.7. The van der Waals surface area contributed by atoms with Crippen LogP contribution in [-0.4, -0.2) is 42.3 Å². The summed E-state index contributed by atoms with van der Waals surface area (Å²) in [6.45, 7) is -0.257. The van der Waals surface area contributed by atoms with E-state index in [4.69, 9.17) is 4.42 Å². The summed E-state index contributed by atoms with van der Waals surface area (Å²) in [6.07, 6.45) is 2.36. The molecule has 2 saturated heterocycles. The molecule has 2 amide bonds. The van der Waals surface area contributed by atoms with Crippen LogP contribution >= 0.6 is 0 Å². The van der Waals surface area contributed by atoms with E-state index in [9.17, 15) is 18.4 Å². The largest absolute Gasteiger partial charge is 0.472 e. The van der Waals surface area contributed by atoms with Crippen molar-refractivity contribution in [1.29, 1.82) is 0 Å². The lowest BCUT2D eigenvalue weighted by molar-refractivity contribution is -0.144. The van der Waals surface area contributed by atoms with Crippen molar-refractivity contribution in [2.24, 2.45) is 5.41 Å². The number of amides is 2. The molecule has 1 N–H and O–H groups in total. The van der Waals surface area contributed by atoms with Gasteiger partial charge >= 0.3 is 0 Å². The van der Waals surface area contributed by atoms with Gasteiger partial charge in [-0.3, -0.25) is 9.59 Å². The molecule has 1 aromatic heterocycles. The average molecular weight is 284 g/mol. The highest BCUT2D eigenvalue weighted by Gasteiger charge is 2.55. The van der Waals surface area contributed by atoms with Crippen LogP contribution in [0.2, 0.25) is 0 Å². The van der Waals surface area contributed by atoms with Gasteiger partial charge in [-0.1, -0.05) is 0 Å². The minimum Gasteiger partial charge on any atom is -0.472 e. The van der Waals surface area contributed by atoms with Crippen LogP contribution in [0.5, 0.6) is 0 Å². The summed E-state index contributed by atoms with van der Waals surface area (Å²) in [5.41, 5.74) is -0.947. The van der Waals surface area contributed by atoms with E-state index in [1.54, 1.807) is 0 Å². The molecule has 1 spiro atoms. The maximum Gasteiger partial charge on any atom is 0.266 e. The number of likely N-dealkylation sites (tertiary alicyclic amines) is 1. The van der Waals surface area contributed by atoms with Gasteiger partial charge in [-0.15, -0.1) is 0 Å². The van der Waals surface area contributed by atoms with E-state index in [2.05, 4.69) is 5.32 Å². The van der Waals surface area contributed by atoms with Crippen LogP contribution in [0, 0.1) is 5.41 Å². The van der Waals surface area contributed by atoms with Gasteiger partial charge in [-0.25, -0.2) is 8.78 Å². The summed E-state index contributed by atoms with van der Waals surface area (Å²) < 4.78 is 32.7. The Morgan fingerprint density at radius 1 is 1.40 bits per heavy atom. The Morgan fingerprint density at radius 2 is 2.20 bits per heavy atom. The van der Waals surface area contributed by atoms with Crippen molar-refractivity contribution in [3.05, 3.63) is 24.2 Å². The number of carbonyl (C=O) groups excluding carboxylic acids is 2. The Labute approximate surface area is 113 Å². The molecule has 0 bridgehead atoms. The molecule has 108 valence electrons. The van der Waals surface area contributed by atoms with Crippen LogP contribution in [0.15, 0.2) is 23.0 Å². The van der Waals surface area contributed by atoms with E-state index in [0.717, 1.165) is 4.90 Å². The van der Waals surface area contributed by atoms with E-state index in [1.165, 1.54) is 18.6 Å². The van der Waals surface area contributed by atoms with Gasteiger partial charge in [0, 0.05) is 19.5 Å². The van der Waals surface area contributed by atoms with E-state index in [-0.39, 0.29) is 18.0 Å². The van der Waals surface area contributed by atoms with Crippen molar-refractivity contribution in [2.75, 3.05) is 19.6 Å². The highest BCUT2D eigenvalue weighted by molar-refractivity contribution is 5.95. The van der Waals surface area contributed by atoms with Crippen LogP contribution in [0.1, 0.15) is 23.2 Å². The number of hydrogen-bond donors (Lipinski definition) is 1. The molecule has 0 aromatic carbocycles. The van der Waals surface area contributed by atoms with E-state index < -0.39 is 30.2 Å². The molecular formula is C13H14F2N2O3. The molecule has 1 unspecified atom stereocenters. The lowest BCUT2D eigenvalue weighted by Gasteiger charge is -2.42. The first kappa shape index (κ1) is 13.1. The molecule has 2 aliphatic rings. The van der Waals surface area contributed by atoms with Crippen molar-refractivity contribution >= 4 is 11.8 Å². The van der Waals surface area contributed by atoms with Crippen LogP contribution in [0.25, 0.3) is 0 Å². The minimum absolute atomic E-state index is 0.0262. The number of halogens is 2. The summed E-state index contributed by atoms with van der Waals surface area (Å²) in [6, 6.07) is 1.43. The third-order valence-electron chi connectivity index (χ3n) is 3.94. The van der Waals surface area contributed by atoms with Gasteiger partial charge in [0.05, 0.1) is 23.8 Å². The average Bonchev–Trinajstić information content (AvgIpc) is 2.98. The lowest BCUT2D eigenvalue weighted by atomic mass is 9.77. The fraction of sp³-hybridized carbons (Fsp3) is 0.538. The molecule has 0 saturated carbocycles. The molecule has 0 radical (unpaired) electrons. The number of piperidine rings is 1. The fourth-order valence-electron chi connectivity index (χ4n) is 3.06. The maximum absolute atomic E-state index is 13.9. The summed E-state index contributed by atoms with van der Waals surface area (Å²) in [4.78, 5) is 25.1. The molecule has 0 aliphatic carbocycles. The minimum atomic E-state index is -3.06. The molecule has 3 heterocycles. The van der Waals surface area contributed by atoms with Crippen molar-refractivity contribution < 1.29 is 22.8 Å². The van der Waals surface area contributed by atoms with Gasteiger partial charge in [0.25, 0.3) is 11.8 Å². The van der Waals surface area contributed by atoms with Gasteiger partial charge < -0.3 is 14.6 Å². The molecular weight excluding hydrogens is 270 g/mol. The monoisotopic (exact) mass is 284 g/mol. The van der Waals surface area contributed by atoms with Crippen molar-refractivity contribution in [2.45, 2.75) is 18.8 Å². The van der Waals surface area contributed by atoms with Gasteiger partial charge in [0.15, 0.2) is 0 Å². The quantitative estimate of drug-likeness (QED) is 0.844. The predicted molar refractivity (Wildman–Crippen MR) is 64.2 cm³/mol. The third-order valence-corrected chi connectivity index (χ3v) is 3.94. The molecule has 2 fully saturated rings. The first-order valence-corrected chi connectivity index (χ1v) is 6.40. The van der Waals surface area contributed by atoms with Crippen LogP contribution in [0.3, 0.4) is 0 Å². The van der Waals surface area contributed by atoms with E-state index in [0.29, 0.717) is 13.0 Å². The van der Waals surface area contributed by atoms with Gasteiger partial charge in [0.1, 0.15) is 6.26 Å². The second-order valence-corrected chi connectivity index (χ2v) is 5.49. The number of nitrogens with zero attached hydrogens (tertiary/aromatic N) is 1. The summed E-state index contributed by atoms with van der Waals surface area (Å²) in [5, 5.41) is 2.58. The number of furan rings is 1. The van der Waals surface area contributed by atoms with E-state index in [1.807, 2.05) is 0 Å². The molecule has 7 heteroatoms. The first-order chi connectivity index (χ1) is 9.42. The Morgan fingerprint density at radius 3 is 2.80 bits per heavy atom. The second-order valence-electron chi connectivity index (χ2n) is 5.49. The zero-order valence-corrected chi connectivity index (χ0v) is 10.7. The molecule has 2 aliphatic heterocycles. The molecule has 20 heavy (non-hydrogen) atoms. The number of carbonyl (C=O) groups is 2. The fourth-order valence-corrected chi connectivity index (χ4v) is 3.06. The number of nitrogens with one attached hydrogen (secondary N) is 1. The number of hydrogen-bond acceptors (Lipinski definition) is 3. The standard InChI is InChI=1S/C13H14F2N2O3/c14-13(15)6-12(2-3-16-11(12)19)7-17(8-13)10(18)9-1-4-20-5-9/h1,4-5H,2-3,6-8H2,(H,16,19). The molecule has 1 aromatic rings. The zero-order chi connectivity index (χ0) is 14.4. The Balaban J connectivity index is 1.89. The highest BCUT2D eigenvalue weighted by Crippen LogP contribution is 2.43. The topological polar surface area (TPSA) is 62.6 Å². The van der Waals surface area contributed by atoms with Gasteiger partial charge in [0.2, 0.25) is 5.91 Å².